The van der Waals surface area contributed by atoms with Gasteiger partial charge in [0.05, 0.1) is 5.56 Å². The molecule has 0 fully saturated rings. The number of nitrogens with zero attached hydrogens (tertiary/aromatic N) is 1. The van der Waals surface area contributed by atoms with Crippen LogP contribution in [0.2, 0.25) is 0 Å². The fourth-order valence-corrected chi connectivity index (χ4v) is 2.38. The van der Waals surface area contributed by atoms with Gasteiger partial charge in [0.2, 0.25) is 5.91 Å². The molecule has 3 amide bonds. The molecule has 0 heterocycles. The number of hydrogen-bond acceptors (Lipinski definition) is 4. The average molecular weight is 383 g/mol. The highest BCUT2D eigenvalue weighted by Crippen LogP contribution is 2.25. The predicted molar refractivity (Wildman–Crippen MR) is 109 cm³/mol. The van der Waals surface area contributed by atoms with Crippen molar-refractivity contribution in [3.05, 3.63) is 53.6 Å². The largest absolute Gasteiger partial charge is 0.483 e. The van der Waals surface area contributed by atoms with Gasteiger partial charge < -0.3 is 20.3 Å². The molecular formula is C21H25N3O4. The Bertz CT molecular complexity index is 878. The third-order valence-corrected chi connectivity index (χ3v) is 4.16. The number of rotatable bonds is 7. The fraction of sp³-hybridized carbons (Fsp3) is 0.286. The molecule has 0 aliphatic carbocycles. The SMILES string of the molecule is CCC(=O)Nc1cccc(NC(=O)c2ccccc2OCC(=O)N(C)C)c1C. The minimum Gasteiger partial charge on any atom is -0.483 e. The van der Waals surface area contributed by atoms with Gasteiger partial charge in [-0.15, -0.1) is 0 Å². The lowest BCUT2D eigenvalue weighted by Gasteiger charge is -2.15. The maximum atomic E-state index is 12.8. The molecule has 0 atom stereocenters. The summed E-state index contributed by atoms with van der Waals surface area (Å²) in [4.78, 5) is 37.6. The summed E-state index contributed by atoms with van der Waals surface area (Å²) in [5.74, 6) is -0.348. The molecule has 0 aliphatic heterocycles. The van der Waals surface area contributed by atoms with Gasteiger partial charge in [-0.1, -0.05) is 25.1 Å². The summed E-state index contributed by atoms with van der Waals surface area (Å²) in [6.07, 6.45) is 0.367. The number of carbonyl (C=O) groups excluding carboxylic acids is 3. The van der Waals surface area contributed by atoms with E-state index in [4.69, 9.17) is 4.74 Å². The molecule has 7 nitrogen and oxygen atoms in total. The molecule has 2 N–H and O–H groups in total. The molecule has 2 aromatic rings. The van der Waals surface area contributed by atoms with Crippen LogP contribution in [-0.4, -0.2) is 43.3 Å². The van der Waals surface area contributed by atoms with Crippen LogP contribution in [0.1, 0.15) is 29.3 Å². The number of amides is 3. The van der Waals surface area contributed by atoms with E-state index in [0.717, 1.165) is 5.56 Å². The van der Waals surface area contributed by atoms with E-state index < -0.39 is 0 Å². The van der Waals surface area contributed by atoms with E-state index in [0.29, 0.717) is 29.1 Å². The summed E-state index contributed by atoms with van der Waals surface area (Å²) in [6, 6.07) is 12.0. The Kier molecular flexibility index (Phi) is 7.14. The first kappa shape index (κ1) is 21.0. The van der Waals surface area contributed by atoms with Crippen LogP contribution in [0.25, 0.3) is 0 Å². The van der Waals surface area contributed by atoms with Gasteiger partial charge in [-0.25, -0.2) is 0 Å². The second-order valence-corrected chi connectivity index (χ2v) is 6.41. The van der Waals surface area contributed by atoms with Crippen molar-refractivity contribution in [2.75, 3.05) is 31.3 Å². The molecule has 0 saturated heterocycles. The smallest absolute Gasteiger partial charge is 0.259 e. The van der Waals surface area contributed by atoms with Crippen LogP contribution in [0.15, 0.2) is 42.5 Å². The number of anilines is 2. The average Bonchev–Trinajstić information content (AvgIpc) is 2.69. The second kappa shape index (κ2) is 9.55. The van der Waals surface area contributed by atoms with Crippen LogP contribution in [0.4, 0.5) is 11.4 Å². The van der Waals surface area contributed by atoms with E-state index in [1.54, 1.807) is 63.5 Å². The minimum absolute atomic E-state index is 0.101. The van der Waals surface area contributed by atoms with E-state index >= 15 is 0 Å². The number of hydrogen-bond donors (Lipinski definition) is 2. The number of nitrogens with one attached hydrogen (secondary N) is 2. The summed E-state index contributed by atoms with van der Waals surface area (Å²) in [7, 11) is 3.27. The lowest BCUT2D eigenvalue weighted by Crippen LogP contribution is -2.28. The molecule has 0 aromatic heterocycles. The van der Waals surface area contributed by atoms with Crippen LogP contribution in [0.3, 0.4) is 0 Å². The van der Waals surface area contributed by atoms with Crippen LogP contribution >= 0.6 is 0 Å². The molecule has 28 heavy (non-hydrogen) atoms. The van der Waals surface area contributed by atoms with Gasteiger partial charge in [-0.2, -0.15) is 0 Å². The van der Waals surface area contributed by atoms with Gasteiger partial charge in [-0.05, 0) is 36.8 Å². The van der Waals surface area contributed by atoms with Crippen LogP contribution in [-0.2, 0) is 9.59 Å². The van der Waals surface area contributed by atoms with Crippen LogP contribution in [0, 0.1) is 6.92 Å². The van der Waals surface area contributed by atoms with Crippen LogP contribution in [0.5, 0.6) is 5.75 Å². The molecule has 7 heteroatoms. The fourth-order valence-electron chi connectivity index (χ4n) is 2.38. The molecule has 0 aliphatic rings. The zero-order valence-electron chi connectivity index (χ0n) is 16.5. The van der Waals surface area contributed by atoms with Crippen molar-refractivity contribution in [3.63, 3.8) is 0 Å². The van der Waals surface area contributed by atoms with Gasteiger partial charge in [-0.3, -0.25) is 14.4 Å². The molecule has 148 valence electrons. The highest BCUT2D eigenvalue weighted by molar-refractivity contribution is 6.07. The van der Waals surface area contributed by atoms with Gasteiger partial charge in [0.15, 0.2) is 6.61 Å². The predicted octanol–water partition coefficient (Wildman–Crippen LogP) is 3.06. The van der Waals surface area contributed by atoms with Crippen molar-refractivity contribution in [2.45, 2.75) is 20.3 Å². The first-order valence-electron chi connectivity index (χ1n) is 8.96. The molecule has 0 saturated carbocycles. The topological polar surface area (TPSA) is 87.7 Å². The molecular weight excluding hydrogens is 358 g/mol. The molecule has 0 radical (unpaired) electrons. The van der Waals surface area contributed by atoms with E-state index in [2.05, 4.69) is 10.6 Å². The van der Waals surface area contributed by atoms with Gasteiger partial charge in [0, 0.05) is 31.9 Å². The van der Waals surface area contributed by atoms with Crippen molar-refractivity contribution in [1.82, 2.24) is 4.90 Å². The number of carbonyl (C=O) groups is 3. The molecule has 2 rings (SSSR count). The highest BCUT2D eigenvalue weighted by Gasteiger charge is 2.16. The van der Waals surface area contributed by atoms with Gasteiger partial charge in [0.25, 0.3) is 11.8 Å². The van der Waals surface area contributed by atoms with Crippen molar-refractivity contribution in [2.24, 2.45) is 0 Å². The van der Waals surface area contributed by atoms with Crippen molar-refractivity contribution < 1.29 is 19.1 Å². The van der Waals surface area contributed by atoms with Crippen molar-refractivity contribution in [1.29, 1.82) is 0 Å². The maximum Gasteiger partial charge on any atom is 0.259 e. The highest BCUT2D eigenvalue weighted by atomic mass is 16.5. The Balaban J connectivity index is 2.19. The quantitative estimate of drug-likeness (QED) is 0.769. The van der Waals surface area contributed by atoms with Crippen molar-refractivity contribution >= 4 is 29.1 Å². The normalized spacial score (nSPS) is 10.1. The van der Waals surface area contributed by atoms with Gasteiger partial charge >= 0.3 is 0 Å². The first-order chi connectivity index (χ1) is 13.3. The van der Waals surface area contributed by atoms with E-state index in [1.165, 1.54) is 4.90 Å². The van der Waals surface area contributed by atoms with Gasteiger partial charge in [0.1, 0.15) is 5.75 Å². The molecule has 0 unspecified atom stereocenters. The number of benzene rings is 2. The summed E-state index contributed by atoms with van der Waals surface area (Å²) >= 11 is 0. The number of para-hydroxylation sites is 1. The second-order valence-electron chi connectivity index (χ2n) is 6.41. The Morgan fingerprint density at radius 2 is 1.61 bits per heavy atom. The molecule has 2 aromatic carbocycles. The summed E-state index contributed by atoms with van der Waals surface area (Å²) in [6.45, 7) is 3.43. The van der Waals surface area contributed by atoms with Crippen molar-refractivity contribution in [3.8, 4) is 5.75 Å². The van der Waals surface area contributed by atoms with E-state index in [1.807, 2.05) is 6.92 Å². The monoisotopic (exact) mass is 383 g/mol. The molecule has 0 bridgehead atoms. The third kappa shape index (κ3) is 5.33. The molecule has 0 spiro atoms. The van der Waals surface area contributed by atoms with Crippen LogP contribution < -0.4 is 15.4 Å². The Morgan fingerprint density at radius 3 is 2.25 bits per heavy atom. The lowest BCUT2D eigenvalue weighted by atomic mass is 10.1. The first-order valence-corrected chi connectivity index (χ1v) is 8.96. The Labute approximate surface area is 164 Å². The minimum atomic E-state index is -0.366. The van der Waals surface area contributed by atoms with E-state index in [-0.39, 0.29) is 24.3 Å². The maximum absolute atomic E-state index is 12.8. The summed E-state index contributed by atoms with van der Waals surface area (Å²) in [5.41, 5.74) is 2.29. The summed E-state index contributed by atoms with van der Waals surface area (Å²) < 4.78 is 5.53. The Hall–Kier alpha value is -3.35. The zero-order chi connectivity index (χ0) is 20.7. The standard InChI is InChI=1S/C21H25N3O4/c1-5-19(25)22-16-10-8-11-17(14(16)2)23-21(27)15-9-6-7-12-18(15)28-13-20(26)24(3)4/h6-12H,5,13H2,1-4H3,(H,22,25)(H,23,27). The lowest BCUT2D eigenvalue weighted by molar-refractivity contribution is -0.130. The number of likely N-dealkylation sites (N-methyl/N-ethyl adjacent to an activating group) is 1. The summed E-state index contributed by atoms with van der Waals surface area (Å²) in [5, 5.41) is 5.65. The van der Waals surface area contributed by atoms with E-state index in [9.17, 15) is 14.4 Å². The Morgan fingerprint density at radius 1 is 0.964 bits per heavy atom. The number of ether oxygens (including phenoxy) is 1. The zero-order valence-corrected chi connectivity index (χ0v) is 16.5. The third-order valence-electron chi connectivity index (χ3n) is 4.16.